The molecule has 1 saturated carbocycles. The molecule has 9 heteroatoms. The number of amides is 3. The quantitative estimate of drug-likeness (QED) is 0.399. The van der Waals surface area contributed by atoms with Crippen LogP contribution < -0.4 is 11.2 Å². The maximum atomic E-state index is 12.8. The monoisotopic (exact) mass is 390 g/mol. The van der Waals surface area contributed by atoms with Gasteiger partial charge >= 0.3 is 12.2 Å². The molecule has 3 amide bonds. The number of carbonyl (C=O) groups is 3. The lowest BCUT2D eigenvalue weighted by Gasteiger charge is -2.40. The average molecular weight is 390 g/mol. The molecule has 28 heavy (non-hydrogen) atoms. The predicted octanol–water partition coefficient (Wildman–Crippen LogP) is 1.68. The molecule has 2 fully saturated rings. The van der Waals surface area contributed by atoms with Crippen LogP contribution in [-0.4, -0.2) is 57.8 Å². The van der Waals surface area contributed by atoms with Gasteiger partial charge in [0.05, 0.1) is 12.1 Å². The Hall–Kier alpha value is -2.81. The Morgan fingerprint density at radius 3 is 2.64 bits per heavy atom. The molecule has 9 nitrogen and oxygen atoms in total. The van der Waals surface area contributed by atoms with Crippen LogP contribution in [0.1, 0.15) is 37.7 Å². The summed E-state index contributed by atoms with van der Waals surface area (Å²) in [7, 11) is 0. The first kappa shape index (κ1) is 19.9. The largest absolute Gasteiger partial charge is 0.464 e. The highest BCUT2D eigenvalue weighted by atomic mass is 16.5. The number of nitrogens with two attached hydrogens (primary N) is 1. The van der Waals surface area contributed by atoms with E-state index in [0.717, 1.165) is 23.4 Å². The van der Waals surface area contributed by atoms with Crippen molar-refractivity contribution >= 4 is 18.1 Å². The van der Waals surface area contributed by atoms with Crippen LogP contribution in [0.3, 0.4) is 0 Å². The normalized spacial score (nSPS) is 24.7. The molecule has 1 saturated heterocycles. The SMILES string of the molecule is NN(C(=O)O)C1CCCCC1N1CC[C@H](NC(=O)OCc2ccccc2)C1=O. The van der Waals surface area contributed by atoms with Gasteiger partial charge < -0.3 is 20.1 Å². The minimum atomic E-state index is -1.21. The van der Waals surface area contributed by atoms with Gasteiger partial charge in [-0.1, -0.05) is 43.2 Å². The minimum Gasteiger partial charge on any atom is -0.464 e. The van der Waals surface area contributed by atoms with Crippen molar-refractivity contribution in [3.63, 3.8) is 0 Å². The van der Waals surface area contributed by atoms with Crippen LogP contribution in [0.15, 0.2) is 30.3 Å². The number of carboxylic acid groups (broad SMARTS) is 1. The number of ether oxygens (including phenoxy) is 1. The molecule has 2 unspecified atom stereocenters. The number of hydrogen-bond acceptors (Lipinski definition) is 5. The minimum absolute atomic E-state index is 0.128. The zero-order valence-corrected chi connectivity index (χ0v) is 15.6. The molecule has 0 radical (unpaired) electrons. The lowest BCUT2D eigenvalue weighted by Crippen LogP contribution is -2.58. The van der Waals surface area contributed by atoms with Gasteiger partial charge in [-0.05, 0) is 24.8 Å². The first-order valence-electron chi connectivity index (χ1n) is 9.52. The lowest BCUT2D eigenvalue weighted by atomic mass is 9.89. The number of hydrazine groups is 1. The summed E-state index contributed by atoms with van der Waals surface area (Å²) < 4.78 is 5.18. The molecule has 1 aliphatic heterocycles. The standard InChI is InChI=1S/C19H26N4O5/c20-23(19(26)27)16-9-5-4-8-15(16)22-11-10-14(17(22)24)21-18(25)28-12-13-6-2-1-3-7-13/h1-3,6-7,14-16H,4-5,8-12,20H2,(H,21,25)(H,26,27)/t14-,15?,16?/m0/s1. The van der Waals surface area contributed by atoms with Crippen molar-refractivity contribution in [2.24, 2.45) is 5.84 Å². The van der Waals surface area contributed by atoms with Crippen molar-refractivity contribution in [2.75, 3.05) is 6.54 Å². The fourth-order valence-corrected chi connectivity index (χ4v) is 3.99. The number of benzene rings is 1. The van der Waals surface area contributed by atoms with Gasteiger partial charge in [-0.3, -0.25) is 4.79 Å². The van der Waals surface area contributed by atoms with Gasteiger partial charge in [-0.2, -0.15) is 0 Å². The Balaban J connectivity index is 1.56. The highest BCUT2D eigenvalue weighted by Crippen LogP contribution is 2.29. The highest BCUT2D eigenvalue weighted by molar-refractivity contribution is 5.87. The van der Waals surface area contributed by atoms with Crippen LogP contribution in [0.2, 0.25) is 0 Å². The summed E-state index contributed by atoms with van der Waals surface area (Å²) in [4.78, 5) is 37.8. The fraction of sp³-hybridized carbons (Fsp3) is 0.526. The Morgan fingerprint density at radius 1 is 1.21 bits per heavy atom. The zero-order valence-electron chi connectivity index (χ0n) is 15.6. The number of hydrogen-bond donors (Lipinski definition) is 3. The fourth-order valence-electron chi connectivity index (χ4n) is 3.99. The molecular weight excluding hydrogens is 364 g/mol. The van der Waals surface area contributed by atoms with Crippen LogP contribution in [0.5, 0.6) is 0 Å². The van der Waals surface area contributed by atoms with Crippen LogP contribution in [0.4, 0.5) is 9.59 Å². The van der Waals surface area contributed by atoms with Crippen molar-refractivity contribution in [1.82, 2.24) is 15.2 Å². The van der Waals surface area contributed by atoms with E-state index >= 15 is 0 Å². The van der Waals surface area contributed by atoms with Crippen molar-refractivity contribution < 1.29 is 24.2 Å². The molecule has 2 aliphatic rings. The second-order valence-electron chi connectivity index (χ2n) is 7.19. The maximum Gasteiger partial charge on any atom is 0.421 e. The summed E-state index contributed by atoms with van der Waals surface area (Å²) in [6.45, 7) is 0.583. The van der Waals surface area contributed by atoms with Crippen molar-refractivity contribution in [3.8, 4) is 0 Å². The van der Waals surface area contributed by atoms with E-state index in [1.54, 1.807) is 4.90 Å². The van der Waals surface area contributed by atoms with E-state index in [0.29, 0.717) is 25.8 Å². The Kier molecular flexibility index (Phi) is 6.35. The van der Waals surface area contributed by atoms with Crippen molar-refractivity contribution in [3.05, 3.63) is 35.9 Å². The zero-order chi connectivity index (χ0) is 20.1. The smallest absolute Gasteiger partial charge is 0.421 e. The van der Waals surface area contributed by atoms with Gasteiger partial charge in [0.1, 0.15) is 12.6 Å². The third kappa shape index (κ3) is 4.53. The summed E-state index contributed by atoms with van der Waals surface area (Å²) in [6, 6.07) is 7.91. The summed E-state index contributed by atoms with van der Waals surface area (Å²) in [5.74, 6) is 5.50. The van der Waals surface area contributed by atoms with E-state index < -0.39 is 24.3 Å². The summed E-state index contributed by atoms with van der Waals surface area (Å²) in [6.07, 6.45) is 1.71. The summed E-state index contributed by atoms with van der Waals surface area (Å²) >= 11 is 0. The van der Waals surface area contributed by atoms with Gasteiger partial charge in [0.25, 0.3) is 0 Å². The van der Waals surface area contributed by atoms with Gasteiger partial charge in [-0.25, -0.2) is 20.4 Å². The van der Waals surface area contributed by atoms with Crippen LogP contribution >= 0.6 is 0 Å². The molecule has 152 valence electrons. The first-order chi connectivity index (χ1) is 13.5. The molecule has 1 aliphatic carbocycles. The molecule has 1 aromatic rings. The van der Waals surface area contributed by atoms with Gasteiger partial charge in [0.15, 0.2) is 0 Å². The molecule has 1 aromatic carbocycles. The molecule has 1 heterocycles. The Labute approximate surface area is 163 Å². The van der Waals surface area contributed by atoms with E-state index in [1.807, 2.05) is 30.3 Å². The topological polar surface area (TPSA) is 125 Å². The second kappa shape index (κ2) is 8.92. The van der Waals surface area contributed by atoms with E-state index in [1.165, 1.54) is 0 Å². The van der Waals surface area contributed by atoms with Gasteiger partial charge in [0, 0.05) is 6.54 Å². The predicted molar refractivity (Wildman–Crippen MR) is 100.0 cm³/mol. The average Bonchev–Trinajstić information content (AvgIpc) is 3.06. The lowest BCUT2D eigenvalue weighted by molar-refractivity contribution is -0.133. The number of alkyl carbamates (subject to hydrolysis) is 1. The van der Waals surface area contributed by atoms with Crippen molar-refractivity contribution in [2.45, 2.75) is 56.8 Å². The molecule has 3 rings (SSSR count). The van der Waals surface area contributed by atoms with Crippen molar-refractivity contribution in [1.29, 1.82) is 0 Å². The Morgan fingerprint density at radius 2 is 1.93 bits per heavy atom. The Bertz CT molecular complexity index is 714. The van der Waals surface area contributed by atoms with Crippen LogP contribution in [-0.2, 0) is 16.1 Å². The summed E-state index contributed by atoms with van der Waals surface area (Å²) in [5.41, 5.74) is 0.860. The molecule has 0 aromatic heterocycles. The number of likely N-dealkylation sites (tertiary alicyclic amines) is 1. The third-order valence-corrected chi connectivity index (χ3v) is 5.42. The van der Waals surface area contributed by atoms with E-state index in [9.17, 15) is 19.5 Å². The summed E-state index contributed by atoms with van der Waals surface area (Å²) in [5, 5.41) is 12.6. The number of rotatable bonds is 5. The molecular formula is C19H26N4O5. The number of nitrogens with zero attached hydrogens (tertiary/aromatic N) is 2. The van der Waals surface area contributed by atoms with Crippen LogP contribution in [0.25, 0.3) is 0 Å². The van der Waals surface area contributed by atoms with E-state index in [4.69, 9.17) is 10.6 Å². The highest BCUT2D eigenvalue weighted by Gasteiger charge is 2.43. The molecule has 3 atom stereocenters. The number of carbonyl (C=O) groups excluding carboxylic acids is 2. The van der Waals surface area contributed by atoms with E-state index in [-0.39, 0.29) is 18.6 Å². The number of nitrogens with one attached hydrogen (secondary N) is 1. The first-order valence-corrected chi connectivity index (χ1v) is 9.52. The third-order valence-electron chi connectivity index (χ3n) is 5.42. The van der Waals surface area contributed by atoms with E-state index in [2.05, 4.69) is 5.32 Å². The molecule has 0 bridgehead atoms. The molecule has 4 N–H and O–H groups in total. The van der Waals surface area contributed by atoms with Gasteiger partial charge in [0.2, 0.25) is 5.91 Å². The maximum absolute atomic E-state index is 12.8. The molecule has 0 spiro atoms. The van der Waals surface area contributed by atoms with Crippen LogP contribution in [0, 0.1) is 0 Å². The second-order valence-corrected chi connectivity index (χ2v) is 7.19. The van der Waals surface area contributed by atoms with Gasteiger partial charge in [-0.15, -0.1) is 0 Å².